The number of rotatable bonds is 10. The molecule has 0 spiro atoms. The second-order valence-corrected chi connectivity index (χ2v) is 7.45. The number of guanidine groups is 1. The van der Waals surface area contributed by atoms with Crippen molar-refractivity contribution in [1.82, 2.24) is 15.5 Å². The average molecular weight is 393 g/mol. The Balaban J connectivity index is 1.87. The van der Waals surface area contributed by atoms with E-state index in [1.54, 1.807) is 7.11 Å². The van der Waals surface area contributed by atoms with Crippen LogP contribution in [0.4, 0.5) is 0 Å². The fourth-order valence-electron chi connectivity index (χ4n) is 3.03. The predicted octanol–water partition coefficient (Wildman–Crippen LogP) is 1.88. The van der Waals surface area contributed by atoms with E-state index in [2.05, 4.69) is 36.3 Å². The standard InChI is InChI=1S/C21H36N4O3/c1-5-22-20(24-17-21(2,3)25-10-12-27-13-11-25)23-16-18-6-8-19(9-7-18)28-15-14-26-4/h6-9H,5,10-17H2,1-4H3,(H2,22,23,24). The third-order valence-electron chi connectivity index (χ3n) is 4.80. The van der Waals surface area contributed by atoms with Crippen LogP contribution in [0.15, 0.2) is 29.3 Å². The van der Waals surface area contributed by atoms with Crippen LogP contribution in [0.25, 0.3) is 0 Å². The van der Waals surface area contributed by atoms with Crippen molar-refractivity contribution in [1.29, 1.82) is 0 Å². The lowest BCUT2D eigenvalue weighted by Gasteiger charge is -2.41. The van der Waals surface area contributed by atoms with E-state index < -0.39 is 0 Å². The largest absolute Gasteiger partial charge is 0.491 e. The summed E-state index contributed by atoms with van der Waals surface area (Å²) < 4.78 is 16.1. The first-order chi connectivity index (χ1) is 13.5. The van der Waals surface area contributed by atoms with E-state index in [-0.39, 0.29) is 5.54 Å². The first-order valence-corrected chi connectivity index (χ1v) is 10.1. The Bertz CT molecular complexity index is 584. The monoisotopic (exact) mass is 392 g/mol. The second-order valence-electron chi connectivity index (χ2n) is 7.45. The van der Waals surface area contributed by atoms with Gasteiger partial charge in [-0.25, -0.2) is 4.99 Å². The lowest BCUT2D eigenvalue weighted by Crippen LogP contribution is -2.56. The molecule has 0 amide bonds. The van der Waals surface area contributed by atoms with E-state index in [1.165, 1.54) is 0 Å². The molecule has 0 bridgehead atoms. The highest BCUT2D eigenvalue weighted by atomic mass is 16.5. The number of benzene rings is 1. The summed E-state index contributed by atoms with van der Waals surface area (Å²) >= 11 is 0. The molecule has 2 N–H and O–H groups in total. The Morgan fingerprint density at radius 3 is 2.50 bits per heavy atom. The third kappa shape index (κ3) is 7.66. The maximum Gasteiger partial charge on any atom is 0.191 e. The molecular formula is C21H36N4O3. The number of nitrogens with one attached hydrogen (secondary N) is 2. The van der Waals surface area contributed by atoms with Gasteiger partial charge in [0.2, 0.25) is 0 Å². The first kappa shape index (κ1) is 22.5. The molecule has 7 nitrogen and oxygen atoms in total. The van der Waals surface area contributed by atoms with E-state index >= 15 is 0 Å². The van der Waals surface area contributed by atoms with Crippen molar-refractivity contribution >= 4 is 5.96 Å². The van der Waals surface area contributed by atoms with Gasteiger partial charge in [0.15, 0.2) is 5.96 Å². The lowest BCUT2D eigenvalue weighted by atomic mass is 10.0. The van der Waals surface area contributed by atoms with Crippen molar-refractivity contribution in [3.8, 4) is 5.75 Å². The highest BCUT2D eigenvalue weighted by Gasteiger charge is 2.28. The van der Waals surface area contributed by atoms with Crippen LogP contribution in [0.5, 0.6) is 5.75 Å². The van der Waals surface area contributed by atoms with Gasteiger partial charge < -0.3 is 24.8 Å². The van der Waals surface area contributed by atoms with Crippen LogP contribution in [0.2, 0.25) is 0 Å². The number of morpholine rings is 1. The van der Waals surface area contributed by atoms with Gasteiger partial charge in [0.05, 0.1) is 26.4 Å². The molecule has 7 heteroatoms. The number of aliphatic imine (C=N–C) groups is 1. The van der Waals surface area contributed by atoms with Crippen LogP contribution in [-0.4, -0.2) is 76.1 Å². The maximum atomic E-state index is 5.60. The van der Waals surface area contributed by atoms with E-state index in [0.29, 0.717) is 19.8 Å². The van der Waals surface area contributed by atoms with Crippen LogP contribution < -0.4 is 15.4 Å². The molecule has 0 radical (unpaired) electrons. The molecule has 1 saturated heterocycles. The van der Waals surface area contributed by atoms with Gasteiger partial charge in [-0.05, 0) is 38.5 Å². The molecule has 2 rings (SSSR count). The maximum absolute atomic E-state index is 5.60. The molecule has 158 valence electrons. The van der Waals surface area contributed by atoms with Crippen LogP contribution in [-0.2, 0) is 16.0 Å². The summed E-state index contributed by atoms with van der Waals surface area (Å²) in [6, 6.07) is 8.05. The number of ether oxygens (including phenoxy) is 3. The van der Waals surface area contributed by atoms with Gasteiger partial charge in [-0.15, -0.1) is 0 Å². The number of hydrogen-bond donors (Lipinski definition) is 2. The Hall–Kier alpha value is -1.83. The van der Waals surface area contributed by atoms with Gasteiger partial charge >= 0.3 is 0 Å². The molecule has 0 unspecified atom stereocenters. The summed E-state index contributed by atoms with van der Waals surface area (Å²) in [7, 11) is 1.67. The van der Waals surface area contributed by atoms with Crippen molar-refractivity contribution in [2.75, 3.05) is 59.7 Å². The van der Waals surface area contributed by atoms with Gasteiger partial charge in [-0.1, -0.05) is 12.1 Å². The molecule has 1 aliphatic heterocycles. The summed E-state index contributed by atoms with van der Waals surface area (Å²) in [5.41, 5.74) is 1.19. The van der Waals surface area contributed by atoms with E-state index in [4.69, 9.17) is 19.2 Å². The lowest BCUT2D eigenvalue weighted by molar-refractivity contribution is -0.00834. The second kappa shape index (κ2) is 11.9. The van der Waals surface area contributed by atoms with Gasteiger partial charge in [0.1, 0.15) is 12.4 Å². The molecule has 1 aromatic carbocycles. The Morgan fingerprint density at radius 1 is 1.14 bits per heavy atom. The summed E-state index contributed by atoms with van der Waals surface area (Å²) in [5, 5.41) is 6.82. The number of nitrogens with zero attached hydrogens (tertiary/aromatic N) is 2. The summed E-state index contributed by atoms with van der Waals surface area (Å²) in [5.74, 6) is 1.69. The van der Waals surface area contributed by atoms with Crippen LogP contribution in [0.3, 0.4) is 0 Å². The number of methoxy groups -OCH3 is 1. The molecule has 0 aliphatic carbocycles. The summed E-state index contributed by atoms with van der Waals surface area (Å²) in [6.45, 7) is 13.6. The van der Waals surface area contributed by atoms with Crippen molar-refractivity contribution < 1.29 is 14.2 Å². The van der Waals surface area contributed by atoms with Gasteiger partial charge in [0, 0.05) is 38.8 Å². The van der Waals surface area contributed by atoms with Crippen molar-refractivity contribution in [3.05, 3.63) is 29.8 Å². The van der Waals surface area contributed by atoms with Crippen molar-refractivity contribution in [3.63, 3.8) is 0 Å². The Labute approximate surface area is 169 Å². The third-order valence-corrected chi connectivity index (χ3v) is 4.80. The summed E-state index contributed by atoms with van der Waals surface area (Å²) in [6.07, 6.45) is 0. The minimum Gasteiger partial charge on any atom is -0.491 e. The van der Waals surface area contributed by atoms with E-state index in [9.17, 15) is 0 Å². The van der Waals surface area contributed by atoms with Crippen molar-refractivity contribution in [2.45, 2.75) is 32.9 Å². The average Bonchev–Trinajstić information content (AvgIpc) is 2.72. The van der Waals surface area contributed by atoms with Crippen LogP contribution in [0, 0.1) is 0 Å². The highest BCUT2D eigenvalue weighted by molar-refractivity contribution is 5.79. The molecular weight excluding hydrogens is 356 g/mol. The molecule has 1 aromatic rings. The topological polar surface area (TPSA) is 67.4 Å². The SMILES string of the molecule is CCNC(=NCc1ccc(OCCOC)cc1)NCC(C)(C)N1CCOCC1. The van der Waals surface area contributed by atoms with Gasteiger partial charge in [-0.2, -0.15) is 0 Å². The van der Waals surface area contributed by atoms with Crippen LogP contribution in [0.1, 0.15) is 26.3 Å². The Morgan fingerprint density at radius 2 is 1.86 bits per heavy atom. The Kier molecular flexibility index (Phi) is 9.54. The fraction of sp³-hybridized carbons (Fsp3) is 0.667. The zero-order valence-corrected chi connectivity index (χ0v) is 17.8. The van der Waals surface area contributed by atoms with Crippen LogP contribution >= 0.6 is 0 Å². The molecule has 1 aliphatic rings. The highest BCUT2D eigenvalue weighted by Crippen LogP contribution is 2.15. The smallest absolute Gasteiger partial charge is 0.191 e. The van der Waals surface area contributed by atoms with E-state index in [1.807, 2.05) is 24.3 Å². The normalized spacial score (nSPS) is 16.1. The molecule has 1 fully saturated rings. The van der Waals surface area contributed by atoms with Crippen molar-refractivity contribution in [2.24, 2.45) is 4.99 Å². The zero-order valence-electron chi connectivity index (χ0n) is 17.8. The molecule has 1 heterocycles. The van der Waals surface area contributed by atoms with Gasteiger partial charge in [0.25, 0.3) is 0 Å². The molecule has 0 aromatic heterocycles. The molecule has 0 atom stereocenters. The van der Waals surface area contributed by atoms with Gasteiger partial charge in [-0.3, -0.25) is 4.90 Å². The quantitative estimate of drug-likeness (QED) is 0.360. The summed E-state index contributed by atoms with van der Waals surface area (Å²) in [4.78, 5) is 7.20. The first-order valence-electron chi connectivity index (χ1n) is 10.1. The fourth-order valence-corrected chi connectivity index (χ4v) is 3.03. The number of hydrogen-bond acceptors (Lipinski definition) is 5. The predicted molar refractivity (Wildman–Crippen MR) is 113 cm³/mol. The molecule has 0 saturated carbocycles. The zero-order chi connectivity index (χ0) is 20.2. The molecule has 28 heavy (non-hydrogen) atoms. The minimum absolute atomic E-state index is 0.0428. The minimum atomic E-state index is 0.0428. The van der Waals surface area contributed by atoms with E-state index in [0.717, 1.165) is 56.7 Å².